The molecule has 2 heterocycles. The van der Waals surface area contributed by atoms with Gasteiger partial charge < -0.3 is 9.30 Å². The third kappa shape index (κ3) is 3.22. The van der Waals surface area contributed by atoms with Crippen LogP contribution in [0.15, 0.2) is 35.2 Å². The summed E-state index contributed by atoms with van der Waals surface area (Å²) in [7, 11) is -2.74. The molecule has 1 aromatic carbocycles. The minimum absolute atomic E-state index is 0.0684. The Labute approximate surface area is 162 Å². The molecule has 28 heavy (non-hydrogen) atoms. The van der Waals surface area contributed by atoms with Gasteiger partial charge in [-0.05, 0) is 32.0 Å². The molecular formula is C19H20N2O6S. The summed E-state index contributed by atoms with van der Waals surface area (Å²) in [5.41, 5.74) is 1.75. The van der Waals surface area contributed by atoms with Crippen molar-refractivity contribution in [1.82, 2.24) is 8.87 Å². The van der Waals surface area contributed by atoms with Crippen LogP contribution in [0.25, 0.3) is 0 Å². The second kappa shape index (κ2) is 7.23. The van der Waals surface area contributed by atoms with Gasteiger partial charge in [0, 0.05) is 23.5 Å². The zero-order chi connectivity index (χ0) is 20.6. The summed E-state index contributed by atoms with van der Waals surface area (Å²) in [6.07, 6.45) is 0.148. The maximum atomic E-state index is 12.8. The fourth-order valence-electron chi connectivity index (χ4n) is 3.34. The van der Waals surface area contributed by atoms with Crippen molar-refractivity contribution in [2.45, 2.75) is 31.7 Å². The molecule has 0 fully saturated rings. The average molecular weight is 404 g/mol. The number of methoxy groups -OCH3 is 1. The summed E-state index contributed by atoms with van der Waals surface area (Å²) in [5, 5.41) is 0. The van der Waals surface area contributed by atoms with E-state index in [-0.39, 0.29) is 22.8 Å². The van der Waals surface area contributed by atoms with E-state index in [4.69, 9.17) is 0 Å². The lowest BCUT2D eigenvalue weighted by Crippen LogP contribution is -2.35. The molecule has 148 valence electrons. The van der Waals surface area contributed by atoms with Crippen LogP contribution < -0.4 is 0 Å². The summed E-state index contributed by atoms with van der Waals surface area (Å²) in [5.74, 6) is -1.56. The molecule has 0 aliphatic carbocycles. The van der Waals surface area contributed by atoms with E-state index in [0.29, 0.717) is 22.1 Å². The number of fused-ring (bicyclic) bond motifs is 1. The quantitative estimate of drug-likeness (QED) is 0.536. The van der Waals surface area contributed by atoms with Crippen molar-refractivity contribution < 1.29 is 27.5 Å². The number of ether oxygens (including phenoxy) is 1. The Bertz CT molecular complexity index is 1080. The first-order valence-electron chi connectivity index (χ1n) is 8.61. The maximum absolute atomic E-state index is 12.8. The van der Waals surface area contributed by atoms with Gasteiger partial charge in [0.15, 0.2) is 5.78 Å². The molecule has 0 spiro atoms. The van der Waals surface area contributed by atoms with Crippen LogP contribution >= 0.6 is 0 Å². The predicted octanol–water partition coefficient (Wildman–Crippen LogP) is 1.70. The molecule has 0 saturated carbocycles. The lowest BCUT2D eigenvalue weighted by atomic mass is 10.1. The number of nitrogens with zero attached hydrogens (tertiary/aromatic N) is 2. The van der Waals surface area contributed by atoms with Gasteiger partial charge >= 0.3 is 5.97 Å². The van der Waals surface area contributed by atoms with E-state index in [2.05, 4.69) is 4.74 Å². The van der Waals surface area contributed by atoms with Gasteiger partial charge in [-0.2, -0.15) is 0 Å². The molecule has 1 aromatic heterocycles. The highest BCUT2D eigenvalue weighted by Gasteiger charge is 2.42. The van der Waals surface area contributed by atoms with Gasteiger partial charge in [0.1, 0.15) is 11.4 Å². The summed E-state index contributed by atoms with van der Waals surface area (Å²) in [4.78, 5) is 36.6. The summed E-state index contributed by atoms with van der Waals surface area (Å²) in [6.45, 7) is 3.27. The first-order chi connectivity index (χ1) is 13.2. The highest BCUT2D eigenvalue weighted by molar-refractivity contribution is 7.90. The Hall–Kier alpha value is -2.94. The molecule has 0 N–H and O–H groups in total. The standard InChI is InChI=1S/C19H20N2O6S/c1-12-10-15(13(2)20(12)9-8-18(23)27-3)16(22)11-21-19(24)14-6-4-5-7-17(14)28(21,25)26/h4-7,10H,8-9,11H2,1-3H3. The normalized spacial score (nSPS) is 14.8. The molecule has 1 aliphatic rings. The van der Waals surface area contributed by atoms with Crippen molar-refractivity contribution in [2.24, 2.45) is 0 Å². The molecule has 0 radical (unpaired) electrons. The molecule has 3 rings (SSSR count). The summed E-state index contributed by atoms with van der Waals surface area (Å²) >= 11 is 0. The maximum Gasteiger partial charge on any atom is 0.307 e. The molecule has 1 aliphatic heterocycles. The van der Waals surface area contributed by atoms with E-state index in [1.54, 1.807) is 30.5 Å². The lowest BCUT2D eigenvalue weighted by Gasteiger charge is -2.14. The number of Topliss-reactive ketones (excluding diaryl/α,β-unsaturated/α-hetero) is 1. The third-order valence-corrected chi connectivity index (χ3v) is 6.63. The number of sulfonamides is 1. The Morgan fingerprint density at radius 2 is 1.82 bits per heavy atom. The highest BCUT2D eigenvalue weighted by Crippen LogP contribution is 2.30. The SMILES string of the molecule is COC(=O)CCn1c(C)cc(C(=O)CN2C(=O)c3ccccc3S2(=O)=O)c1C. The Kier molecular flexibility index (Phi) is 5.12. The van der Waals surface area contributed by atoms with Crippen LogP contribution in [-0.4, -0.2) is 48.6 Å². The molecule has 2 aromatic rings. The van der Waals surface area contributed by atoms with Gasteiger partial charge in [-0.1, -0.05) is 12.1 Å². The van der Waals surface area contributed by atoms with Crippen LogP contribution in [0.4, 0.5) is 0 Å². The molecule has 1 amide bonds. The van der Waals surface area contributed by atoms with Gasteiger partial charge in [-0.25, -0.2) is 12.7 Å². The Morgan fingerprint density at radius 1 is 1.14 bits per heavy atom. The number of amides is 1. The number of carbonyl (C=O) groups is 3. The van der Waals surface area contributed by atoms with Crippen LogP contribution in [-0.2, 0) is 26.1 Å². The fraction of sp³-hybridized carbons (Fsp3) is 0.316. The van der Waals surface area contributed by atoms with Crippen molar-refractivity contribution in [3.05, 3.63) is 52.8 Å². The van der Waals surface area contributed by atoms with Gasteiger partial charge in [0.2, 0.25) is 0 Å². The number of rotatable bonds is 6. The van der Waals surface area contributed by atoms with Gasteiger partial charge in [-0.15, -0.1) is 0 Å². The van der Waals surface area contributed by atoms with E-state index in [1.165, 1.54) is 25.3 Å². The number of esters is 1. The molecule has 0 saturated heterocycles. The van der Waals surface area contributed by atoms with Gasteiger partial charge in [0.05, 0.1) is 19.1 Å². The second-order valence-electron chi connectivity index (χ2n) is 6.50. The number of hydrogen-bond acceptors (Lipinski definition) is 6. The second-order valence-corrected chi connectivity index (χ2v) is 8.33. The Morgan fingerprint density at radius 3 is 2.46 bits per heavy atom. The number of aryl methyl sites for hydroxylation is 1. The van der Waals surface area contributed by atoms with E-state index in [0.717, 1.165) is 5.69 Å². The molecule has 0 atom stereocenters. The number of benzene rings is 1. The van der Waals surface area contributed by atoms with Crippen molar-refractivity contribution in [2.75, 3.05) is 13.7 Å². The van der Waals surface area contributed by atoms with Crippen molar-refractivity contribution in [3.8, 4) is 0 Å². The predicted molar refractivity (Wildman–Crippen MR) is 99.5 cm³/mol. The fourth-order valence-corrected chi connectivity index (χ4v) is 4.86. The smallest absolute Gasteiger partial charge is 0.307 e. The number of aromatic nitrogens is 1. The zero-order valence-corrected chi connectivity index (χ0v) is 16.6. The monoisotopic (exact) mass is 404 g/mol. The van der Waals surface area contributed by atoms with Crippen molar-refractivity contribution in [1.29, 1.82) is 0 Å². The van der Waals surface area contributed by atoms with Crippen LogP contribution in [0.1, 0.15) is 38.5 Å². The van der Waals surface area contributed by atoms with E-state index >= 15 is 0 Å². The molecule has 9 heteroatoms. The van der Waals surface area contributed by atoms with E-state index < -0.39 is 28.3 Å². The number of carbonyl (C=O) groups excluding carboxylic acids is 3. The van der Waals surface area contributed by atoms with Crippen LogP contribution in [0.3, 0.4) is 0 Å². The molecule has 0 bridgehead atoms. The molecular weight excluding hydrogens is 384 g/mol. The summed E-state index contributed by atoms with van der Waals surface area (Å²) < 4.78 is 32.3. The largest absolute Gasteiger partial charge is 0.469 e. The van der Waals surface area contributed by atoms with E-state index in [9.17, 15) is 22.8 Å². The van der Waals surface area contributed by atoms with Gasteiger partial charge in [0.25, 0.3) is 15.9 Å². The first kappa shape index (κ1) is 19.8. The minimum atomic E-state index is -4.04. The lowest BCUT2D eigenvalue weighted by molar-refractivity contribution is -0.140. The first-order valence-corrected chi connectivity index (χ1v) is 10.0. The number of hydrogen-bond donors (Lipinski definition) is 0. The third-order valence-electron chi connectivity index (χ3n) is 4.84. The highest BCUT2D eigenvalue weighted by atomic mass is 32.2. The molecule has 8 nitrogen and oxygen atoms in total. The van der Waals surface area contributed by atoms with Crippen LogP contribution in [0.5, 0.6) is 0 Å². The van der Waals surface area contributed by atoms with Crippen molar-refractivity contribution >= 4 is 27.7 Å². The van der Waals surface area contributed by atoms with Crippen LogP contribution in [0, 0.1) is 13.8 Å². The summed E-state index contributed by atoms with van der Waals surface area (Å²) in [6, 6.07) is 7.52. The number of ketones is 1. The average Bonchev–Trinajstić information content (AvgIpc) is 3.06. The topological polar surface area (TPSA) is 103 Å². The molecule has 0 unspecified atom stereocenters. The Balaban J connectivity index is 1.85. The minimum Gasteiger partial charge on any atom is -0.469 e. The van der Waals surface area contributed by atoms with E-state index in [1.807, 2.05) is 0 Å². The van der Waals surface area contributed by atoms with Crippen molar-refractivity contribution in [3.63, 3.8) is 0 Å². The van der Waals surface area contributed by atoms with Gasteiger partial charge in [-0.3, -0.25) is 14.4 Å². The zero-order valence-electron chi connectivity index (χ0n) is 15.8. The van der Waals surface area contributed by atoms with Crippen LogP contribution in [0.2, 0.25) is 0 Å².